The number of nitrogens with one attached hydrogen (secondary N) is 2. The van der Waals surface area contributed by atoms with Gasteiger partial charge in [0.25, 0.3) is 0 Å². The zero-order chi connectivity index (χ0) is 17.4. The highest BCUT2D eigenvalue weighted by Crippen LogP contribution is 2.39. The minimum absolute atomic E-state index is 0.0244. The van der Waals surface area contributed by atoms with Crippen molar-refractivity contribution >= 4 is 17.5 Å². The number of aryl methyl sites for hydroxylation is 1. The SMILES string of the molecule is CC(C)NC(=O)[C@H]1Cc2cccc3c2N1C(=O)[C@@H](NC(C)C)CC3. The molecule has 0 bridgehead atoms. The number of hydrogen-bond donors (Lipinski definition) is 2. The first kappa shape index (κ1) is 17.0. The molecule has 2 heterocycles. The van der Waals surface area contributed by atoms with Crippen molar-refractivity contribution in [1.29, 1.82) is 0 Å². The van der Waals surface area contributed by atoms with Gasteiger partial charge in [-0.3, -0.25) is 14.5 Å². The van der Waals surface area contributed by atoms with Crippen LogP contribution < -0.4 is 15.5 Å². The van der Waals surface area contributed by atoms with Crippen molar-refractivity contribution in [2.75, 3.05) is 4.90 Å². The number of carbonyl (C=O) groups is 2. The minimum atomic E-state index is -0.439. The van der Waals surface area contributed by atoms with Crippen LogP contribution in [0.5, 0.6) is 0 Å². The van der Waals surface area contributed by atoms with Crippen LogP contribution in [0, 0.1) is 0 Å². The van der Waals surface area contributed by atoms with E-state index in [-0.39, 0.29) is 29.9 Å². The van der Waals surface area contributed by atoms with E-state index in [1.54, 1.807) is 4.90 Å². The molecule has 0 fully saturated rings. The van der Waals surface area contributed by atoms with Crippen molar-refractivity contribution in [3.05, 3.63) is 29.3 Å². The number of nitrogens with zero attached hydrogens (tertiary/aromatic N) is 1. The van der Waals surface area contributed by atoms with Crippen LogP contribution in [0.3, 0.4) is 0 Å². The van der Waals surface area contributed by atoms with Crippen molar-refractivity contribution in [1.82, 2.24) is 10.6 Å². The van der Waals surface area contributed by atoms with Crippen LogP contribution >= 0.6 is 0 Å². The zero-order valence-electron chi connectivity index (χ0n) is 14.9. The Kier molecular flexibility index (Phi) is 4.63. The van der Waals surface area contributed by atoms with Crippen molar-refractivity contribution in [2.45, 2.75) is 71.1 Å². The van der Waals surface area contributed by atoms with E-state index in [1.807, 2.05) is 39.8 Å². The van der Waals surface area contributed by atoms with E-state index in [0.29, 0.717) is 6.42 Å². The van der Waals surface area contributed by atoms with Crippen LogP contribution in [0.2, 0.25) is 0 Å². The average Bonchev–Trinajstić information content (AvgIpc) is 2.83. The summed E-state index contributed by atoms with van der Waals surface area (Å²) in [5.41, 5.74) is 3.25. The van der Waals surface area contributed by atoms with E-state index >= 15 is 0 Å². The molecule has 1 aromatic rings. The van der Waals surface area contributed by atoms with Crippen LogP contribution in [0.1, 0.15) is 45.2 Å². The maximum absolute atomic E-state index is 13.2. The average molecular weight is 329 g/mol. The van der Waals surface area contributed by atoms with Crippen LogP contribution in [0.4, 0.5) is 5.69 Å². The molecule has 0 saturated carbocycles. The number of para-hydroxylation sites is 1. The summed E-state index contributed by atoms with van der Waals surface area (Å²) in [6, 6.07) is 5.77. The molecule has 2 amide bonds. The van der Waals surface area contributed by atoms with E-state index < -0.39 is 6.04 Å². The fourth-order valence-corrected chi connectivity index (χ4v) is 3.78. The van der Waals surface area contributed by atoms with E-state index in [2.05, 4.69) is 16.7 Å². The molecule has 5 nitrogen and oxygen atoms in total. The number of hydrogen-bond acceptors (Lipinski definition) is 3. The topological polar surface area (TPSA) is 61.4 Å². The van der Waals surface area contributed by atoms with Gasteiger partial charge >= 0.3 is 0 Å². The first-order chi connectivity index (χ1) is 11.4. The summed E-state index contributed by atoms with van der Waals surface area (Å²) in [5.74, 6) is -0.0398. The van der Waals surface area contributed by atoms with Crippen molar-refractivity contribution in [3.63, 3.8) is 0 Å². The molecule has 1 aromatic carbocycles. The highest BCUT2D eigenvalue weighted by molar-refractivity contribution is 6.06. The second-order valence-electron chi connectivity index (χ2n) is 7.43. The van der Waals surface area contributed by atoms with Gasteiger partial charge in [-0.25, -0.2) is 0 Å². The molecular formula is C19H27N3O2. The highest BCUT2D eigenvalue weighted by Gasteiger charge is 2.43. The van der Waals surface area contributed by atoms with Crippen LogP contribution in [-0.2, 0) is 22.4 Å². The molecule has 0 aromatic heterocycles. The van der Waals surface area contributed by atoms with Gasteiger partial charge in [0, 0.05) is 18.5 Å². The quantitative estimate of drug-likeness (QED) is 0.885. The molecule has 2 aliphatic heterocycles. The molecule has 24 heavy (non-hydrogen) atoms. The molecule has 0 aliphatic carbocycles. The largest absolute Gasteiger partial charge is 0.352 e. The lowest BCUT2D eigenvalue weighted by Crippen LogP contribution is -2.55. The standard InChI is InChI=1S/C19H27N3O2/c1-11(2)20-15-9-8-13-6-5-7-14-10-16(18(23)21-12(3)4)22(17(13)14)19(15)24/h5-7,11-12,15-16,20H,8-10H2,1-4H3,(H,21,23)/t15-,16+/m0/s1. The summed E-state index contributed by atoms with van der Waals surface area (Å²) in [5, 5.41) is 6.34. The summed E-state index contributed by atoms with van der Waals surface area (Å²) in [4.78, 5) is 27.6. The molecule has 0 spiro atoms. The number of rotatable bonds is 4. The minimum Gasteiger partial charge on any atom is -0.352 e. The van der Waals surface area contributed by atoms with Gasteiger partial charge in [0.15, 0.2) is 0 Å². The molecule has 3 rings (SSSR count). The third kappa shape index (κ3) is 3.05. The summed E-state index contributed by atoms with van der Waals surface area (Å²) in [7, 11) is 0. The van der Waals surface area contributed by atoms with Gasteiger partial charge in [0.2, 0.25) is 11.8 Å². The Bertz CT molecular complexity index is 654. The Morgan fingerprint density at radius 3 is 2.54 bits per heavy atom. The Morgan fingerprint density at radius 1 is 1.17 bits per heavy atom. The number of benzene rings is 1. The van der Waals surface area contributed by atoms with Crippen molar-refractivity contribution < 1.29 is 9.59 Å². The number of anilines is 1. The number of carbonyl (C=O) groups excluding carboxylic acids is 2. The lowest BCUT2D eigenvalue weighted by molar-refractivity contribution is -0.127. The molecule has 2 atom stereocenters. The smallest absolute Gasteiger partial charge is 0.244 e. The molecule has 0 unspecified atom stereocenters. The molecule has 0 radical (unpaired) electrons. The number of amides is 2. The molecule has 5 heteroatoms. The lowest BCUT2D eigenvalue weighted by atomic mass is 10.0. The Hall–Kier alpha value is -1.88. The predicted octanol–water partition coefficient (Wildman–Crippen LogP) is 1.78. The van der Waals surface area contributed by atoms with Gasteiger partial charge in [-0.15, -0.1) is 0 Å². The highest BCUT2D eigenvalue weighted by atomic mass is 16.2. The van der Waals surface area contributed by atoms with Crippen LogP contribution in [0.15, 0.2) is 18.2 Å². The van der Waals surface area contributed by atoms with Crippen LogP contribution in [0.25, 0.3) is 0 Å². The fourth-order valence-electron chi connectivity index (χ4n) is 3.78. The van der Waals surface area contributed by atoms with Gasteiger partial charge < -0.3 is 10.6 Å². The first-order valence-corrected chi connectivity index (χ1v) is 8.88. The predicted molar refractivity (Wildman–Crippen MR) is 95.1 cm³/mol. The van der Waals surface area contributed by atoms with E-state index in [9.17, 15) is 9.59 Å². The van der Waals surface area contributed by atoms with Gasteiger partial charge in [0.1, 0.15) is 6.04 Å². The zero-order valence-corrected chi connectivity index (χ0v) is 14.9. The summed E-state index contributed by atoms with van der Waals surface area (Å²) < 4.78 is 0. The van der Waals surface area contributed by atoms with Gasteiger partial charge in [-0.1, -0.05) is 32.0 Å². The molecular weight excluding hydrogens is 302 g/mol. The Balaban J connectivity index is 1.98. The second kappa shape index (κ2) is 6.55. The fraction of sp³-hybridized carbons (Fsp3) is 0.579. The van der Waals surface area contributed by atoms with Gasteiger partial charge in [-0.05, 0) is 37.8 Å². The molecule has 2 aliphatic rings. The van der Waals surface area contributed by atoms with E-state index in [1.165, 1.54) is 5.56 Å². The molecule has 2 N–H and O–H groups in total. The summed E-state index contributed by atoms with van der Waals surface area (Å²) >= 11 is 0. The Morgan fingerprint density at radius 2 is 1.88 bits per heavy atom. The molecule has 0 saturated heterocycles. The third-order valence-corrected chi connectivity index (χ3v) is 4.67. The van der Waals surface area contributed by atoms with E-state index in [4.69, 9.17) is 0 Å². The van der Waals surface area contributed by atoms with Gasteiger partial charge in [-0.2, -0.15) is 0 Å². The summed E-state index contributed by atoms with van der Waals surface area (Å²) in [6.45, 7) is 7.98. The normalized spacial score (nSPS) is 22.8. The van der Waals surface area contributed by atoms with Gasteiger partial charge in [0.05, 0.1) is 11.7 Å². The second-order valence-corrected chi connectivity index (χ2v) is 7.43. The lowest BCUT2D eigenvalue weighted by Gasteiger charge is -2.29. The van der Waals surface area contributed by atoms with Crippen molar-refractivity contribution in [2.24, 2.45) is 0 Å². The Labute approximate surface area is 143 Å². The van der Waals surface area contributed by atoms with Crippen molar-refractivity contribution in [3.8, 4) is 0 Å². The third-order valence-electron chi connectivity index (χ3n) is 4.67. The molecule has 130 valence electrons. The first-order valence-electron chi connectivity index (χ1n) is 8.88. The monoisotopic (exact) mass is 329 g/mol. The summed E-state index contributed by atoms with van der Waals surface area (Å²) in [6.07, 6.45) is 2.22. The maximum Gasteiger partial charge on any atom is 0.244 e. The maximum atomic E-state index is 13.2. The van der Waals surface area contributed by atoms with E-state index in [0.717, 1.165) is 24.1 Å². The van der Waals surface area contributed by atoms with Crippen LogP contribution in [-0.4, -0.2) is 36.0 Å².